The van der Waals surface area contributed by atoms with E-state index in [0.717, 1.165) is 4.68 Å². The summed E-state index contributed by atoms with van der Waals surface area (Å²) in [5, 5.41) is 15.8. The zero-order chi connectivity index (χ0) is 13.8. The quantitative estimate of drug-likeness (QED) is 0.833. The van der Waals surface area contributed by atoms with Crippen molar-refractivity contribution in [3.8, 4) is 0 Å². The molecular formula is C11H11N5O3. The number of hydrogen-bond acceptors (Lipinski definition) is 5. The van der Waals surface area contributed by atoms with Gasteiger partial charge in [0, 0.05) is 25.1 Å². The van der Waals surface area contributed by atoms with Crippen molar-refractivity contribution in [1.82, 2.24) is 20.0 Å². The molecule has 0 saturated heterocycles. The van der Waals surface area contributed by atoms with Crippen LogP contribution >= 0.6 is 0 Å². The summed E-state index contributed by atoms with van der Waals surface area (Å²) < 4.78 is 1.09. The Morgan fingerprint density at radius 2 is 2.05 bits per heavy atom. The predicted molar refractivity (Wildman–Crippen MR) is 64.6 cm³/mol. The Hall–Kier alpha value is -2.77. The fraction of sp³-hybridized carbons (Fsp3) is 0.182. The zero-order valence-electron chi connectivity index (χ0n) is 10.1. The molecule has 2 aromatic rings. The van der Waals surface area contributed by atoms with E-state index in [2.05, 4.69) is 15.3 Å². The lowest BCUT2D eigenvalue weighted by Crippen LogP contribution is -2.26. The van der Waals surface area contributed by atoms with Crippen LogP contribution in [0.25, 0.3) is 0 Å². The molecule has 2 heterocycles. The summed E-state index contributed by atoms with van der Waals surface area (Å²) in [4.78, 5) is 27.8. The molecule has 0 bridgehead atoms. The van der Waals surface area contributed by atoms with E-state index in [1.54, 1.807) is 31.6 Å². The smallest absolute Gasteiger partial charge is 0.325 e. The van der Waals surface area contributed by atoms with Crippen molar-refractivity contribution >= 4 is 17.6 Å². The molecule has 0 unspecified atom stereocenters. The van der Waals surface area contributed by atoms with Gasteiger partial charge in [-0.1, -0.05) is 5.21 Å². The summed E-state index contributed by atoms with van der Waals surface area (Å²) >= 11 is 0. The minimum absolute atomic E-state index is 0.0839. The predicted octanol–water partition coefficient (Wildman–Crippen LogP) is 0.0343. The molecular weight excluding hydrogens is 250 g/mol. The molecule has 0 fully saturated rings. The molecule has 2 aromatic heterocycles. The normalized spacial score (nSPS) is 10.2. The molecule has 98 valence electrons. The van der Waals surface area contributed by atoms with Gasteiger partial charge in [-0.2, -0.15) is 0 Å². The standard InChI is InChI=1S/C11H11N5O3/c1-15(8-2-4-12-5-3-8)11(19)9-6-16(14-13-9)7-10(17)18/h2-6H,7H2,1H3,(H,17,18). The van der Waals surface area contributed by atoms with Gasteiger partial charge in [0.05, 0.1) is 6.20 Å². The molecule has 0 aromatic carbocycles. The van der Waals surface area contributed by atoms with Gasteiger partial charge in [0.1, 0.15) is 6.54 Å². The summed E-state index contributed by atoms with van der Waals surface area (Å²) in [5.41, 5.74) is 0.744. The lowest BCUT2D eigenvalue weighted by atomic mass is 10.3. The molecule has 0 aliphatic carbocycles. The Morgan fingerprint density at radius 3 is 2.68 bits per heavy atom. The number of pyridine rings is 1. The van der Waals surface area contributed by atoms with Gasteiger partial charge in [0.2, 0.25) is 0 Å². The van der Waals surface area contributed by atoms with E-state index >= 15 is 0 Å². The van der Waals surface area contributed by atoms with Crippen LogP contribution in [0.4, 0.5) is 5.69 Å². The first-order valence-electron chi connectivity index (χ1n) is 5.38. The lowest BCUT2D eigenvalue weighted by molar-refractivity contribution is -0.137. The average Bonchev–Trinajstić information content (AvgIpc) is 2.85. The minimum Gasteiger partial charge on any atom is -0.480 e. The van der Waals surface area contributed by atoms with Crippen LogP contribution in [0.15, 0.2) is 30.7 Å². The maximum atomic E-state index is 12.1. The highest BCUT2D eigenvalue weighted by atomic mass is 16.4. The first-order valence-corrected chi connectivity index (χ1v) is 5.38. The number of carbonyl (C=O) groups is 2. The van der Waals surface area contributed by atoms with Crippen molar-refractivity contribution in [2.45, 2.75) is 6.54 Å². The van der Waals surface area contributed by atoms with Crippen LogP contribution in [-0.4, -0.2) is 44.0 Å². The van der Waals surface area contributed by atoms with Crippen LogP contribution in [0.3, 0.4) is 0 Å². The largest absolute Gasteiger partial charge is 0.480 e. The van der Waals surface area contributed by atoms with Crippen LogP contribution in [0.5, 0.6) is 0 Å². The maximum absolute atomic E-state index is 12.1. The molecule has 1 N–H and O–H groups in total. The molecule has 0 saturated carbocycles. The van der Waals surface area contributed by atoms with Crippen LogP contribution in [-0.2, 0) is 11.3 Å². The number of anilines is 1. The number of carboxylic acid groups (broad SMARTS) is 1. The second kappa shape index (κ2) is 5.25. The Balaban J connectivity index is 2.15. The number of carbonyl (C=O) groups excluding carboxylic acids is 1. The van der Waals surface area contributed by atoms with E-state index in [-0.39, 0.29) is 18.1 Å². The Labute approximate surface area is 108 Å². The van der Waals surface area contributed by atoms with Crippen molar-refractivity contribution in [1.29, 1.82) is 0 Å². The molecule has 0 aliphatic rings. The topological polar surface area (TPSA) is 101 Å². The molecule has 8 nitrogen and oxygen atoms in total. The van der Waals surface area contributed by atoms with Crippen molar-refractivity contribution in [3.05, 3.63) is 36.4 Å². The van der Waals surface area contributed by atoms with Gasteiger partial charge in [0.25, 0.3) is 5.91 Å². The summed E-state index contributed by atoms with van der Waals surface area (Å²) in [6.45, 7) is -0.334. The summed E-state index contributed by atoms with van der Waals surface area (Å²) in [6.07, 6.45) is 4.44. The number of nitrogens with zero attached hydrogens (tertiary/aromatic N) is 5. The summed E-state index contributed by atoms with van der Waals surface area (Å²) in [7, 11) is 1.59. The van der Waals surface area contributed by atoms with Crippen molar-refractivity contribution in [2.24, 2.45) is 0 Å². The summed E-state index contributed by atoms with van der Waals surface area (Å²) in [5.74, 6) is -1.42. The fourth-order valence-corrected chi connectivity index (χ4v) is 1.47. The highest BCUT2D eigenvalue weighted by Gasteiger charge is 2.17. The van der Waals surface area contributed by atoms with Crippen molar-refractivity contribution < 1.29 is 14.7 Å². The number of aromatic nitrogens is 4. The molecule has 0 atom stereocenters. The second-order valence-corrected chi connectivity index (χ2v) is 3.76. The lowest BCUT2D eigenvalue weighted by Gasteiger charge is -2.14. The van der Waals surface area contributed by atoms with Gasteiger partial charge in [0.15, 0.2) is 5.69 Å². The first-order chi connectivity index (χ1) is 9.08. The van der Waals surface area contributed by atoms with Crippen LogP contribution in [0, 0.1) is 0 Å². The molecule has 0 radical (unpaired) electrons. The first kappa shape index (κ1) is 12.7. The summed E-state index contributed by atoms with van der Waals surface area (Å²) in [6, 6.07) is 3.36. The van der Waals surface area contributed by atoms with E-state index in [1.165, 1.54) is 11.1 Å². The third kappa shape index (κ3) is 2.92. The van der Waals surface area contributed by atoms with Crippen molar-refractivity contribution in [2.75, 3.05) is 11.9 Å². The molecule has 8 heteroatoms. The molecule has 19 heavy (non-hydrogen) atoms. The van der Waals surface area contributed by atoms with Gasteiger partial charge < -0.3 is 10.0 Å². The van der Waals surface area contributed by atoms with E-state index in [9.17, 15) is 9.59 Å². The van der Waals surface area contributed by atoms with Crippen molar-refractivity contribution in [3.63, 3.8) is 0 Å². The third-order valence-corrected chi connectivity index (χ3v) is 2.41. The Bertz CT molecular complexity index is 595. The van der Waals surface area contributed by atoms with Crippen LogP contribution < -0.4 is 4.90 Å². The van der Waals surface area contributed by atoms with E-state index in [4.69, 9.17) is 5.11 Å². The van der Waals surface area contributed by atoms with Gasteiger partial charge in [-0.15, -0.1) is 5.10 Å². The van der Waals surface area contributed by atoms with E-state index in [0.29, 0.717) is 5.69 Å². The Morgan fingerprint density at radius 1 is 1.37 bits per heavy atom. The molecule has 0 aliphatic heterocycles. The van der Waals surface area contributed by atoms with Gasteiger partial charge in [-0.05, 0) is 12.1 Å². The minimum atomic E-state index is -1.05. The number of rotatable bonds is 4. The number of hydrogen-bond donors (Lipinski definition) is 1. The van der Waals surface area contributed by atoms with E-state index < -0.39 is 5.97 Å². The highest BCUT2D eigenvalue weighted by Crippen LogP contribution is 2.12. The highest BCUT2D eigenvalue weighted by molar-refractivity contribution is 6.04. The number of aliphatic carboxylic acids is 1. The number of amides is 1. The second-order valence-electron chi connectivity index (χ2n) is 3.76. The van der Waals surface area contributed by atoms with Gasteiger partial charge >= 0.3 is 5.97 Å². The van der Waals surface area contributed by atoms with E-state index in [1.807, 2.05) is 0 Å². The van der Waals surface area contributed by atoms with Crippen LogP contribution in [0.1, 0.15) is 10.5 Å². The Kier molecular flexibility index (Phi) is 3.51. The monoisotopic (exact) mass is 261 g/mol. The van der Waals surface area contributed by atoms with Gasteiger partial charge in [-0.3, -0.25) is 14.6 Å². The van der Waals surface area contributed by atoms with Gasteiger partial charge in [-0.25, -0.2) is 4.68 Å². The maximum Gasteiger partial charge on any atom is 0.325 e. The fourth-order valence-electron chi connectivity index (χ4n) is 1.47. The third-order valence-electron chi connectivity index (χ3n) is 2.41. The zero-order valence-corrected chi connectivity index (χ0v) is 10.1. The molecule has 2 rings (SSSR count). The van der Waals surface area contributed by atoms with Crippen LogP contribution in [0.2, 0.25) is 0 Å². The molecule has 0 spiro atoms. The SMILES string of the molecule is CN(C(=O)c1cn(CC(=O)O)nn1)c1ccncc1. The number of carboxylic acids is 1. The molecule has 1 amide bonds. The average molecular weight is 261 g/mol.